The van der Waals surface area contributed by atoms with Crippen LogP contribution in [-0.2, 0) is 4.79 Å². The Balaban J connectivity index is 0. The van der Waals surface area contributed by atoms with Gasteiger partial charge < -0.3 is 0 Å². The molecule has 0 N–H and O–H groups in total. The zero-order chi connectivity index (χ0) is 13.1. The van der Waals surface area contributed by atoms with E-state index in [9.17, 15) is 4.79 Å². The molecule has 1 fully saturated rings. The number of nitrogens with zero attached hydrogens (tertiary/aromatic N) is 1. The minimum Gasteiger partial charge on any atom is -0.298 e. The van der Waals surface area contributed by atoms with Crippen LogP contribution in [0.3, 0.4) is 0 Å². The summed E-state index contributed by atoms with van der Waals surface area (Å²) >= 11 is 0. The Kier molecular flexibility index (Phi) is 12.5. The fraction of sp³-hybridized carbons (Fsp3) is 0.929. The van der Waals surface area contributed by atoms with E-state index in [2.05, 4.69) is 11.8 Å². The lowest BCUT2D eigenvalue weighted by molar-refractivity contribution is -0.122. The van der Waals surface area contributed by atoms with Gasteiger partial charge in [0.1, 0.15) is 5.78 Å². The molecule has 98 valence electrons. The quantitative estimate of drug-likeness (QED) is 0.719. The van der Waals surface area contributed by atoms with Gasteiger partial charge in [-0.2, -0.15) is 0 Å². The molecule has 0 bridgehead atoms. The first-order valence-electron chi connectivity index (χ1n) is 6.85. The van der Waals surface area contributed by atoms with Crippen LogP contribution in [0.1, 0.15) is 61.3 Å². The average molecular weight is 229 g/mol. The summed E-state index contributed by atoms with van der Waals surface area (Å²) in [5.74, 6) is 1.14. The molecular formula is C14H31NO. The van der Waals surface area contributed by atoms with E-state index < -0.39 is 0 Å². The van der Waals surface area contributed by atoms with Gasteiger partial charge in [0.15, 0.2) is 0 Å². The monoisotopic (exact) mass is 229 g/mol. The zero-order valence-corrected chi connectivity index (χ0v) is 12.3. The number of hydrogen-bond donors (Lipinski definition) is 0. The number of piperidine rings is 1. The lowest BCUT2D eigenvalue weighted by Gasteiger charge is -2.33. The fourth-order valence-electron chi connectivity index (χ4n) is 1.67. The van der Waals surface area contributed by atoms with Gasteiger partial charge in [-0.3, -0.25) is 9.69 Å². The van der Waals surface area contributed by atoms with Crippen molar-refractivity contribution in [1.29, 1.82) is 0 Å². The van der Waals surface area contributed by atoms with Crippen LogP contribution in [0.5, 0.6) is 0 Å². The van der Waals surface area contributed by atoms with E-state index in [-0.39, 0.29) is 6.04 Å². The Bertz CT molecular complexity index is 160. The highest BCUT2D eigenvalue weighted by molar-refractivity contribution is 5.80. The van der Waals surface area contributed by atoms with Crippen molar-refractivity contribution in [3.63, 3.8) is 0 Å². The van der Waals surface area contributed by atoms with Crippen LogP contribution < -0.4 is 0 Å². The van der Waals surface area contributed by atoms with E-state index in [1.54, 1.807) is 6.92 Å². The molecule has 0 aromatic rings. The Morgan fingerprint density at radius 3 is 1.81 bits per heavy atom. The van der Waals surface area contributed by atoms with Crippen LogP contribution in [0.25, 0.3) is 0 Å². The summed E-state index contributed by atoms with van der Waals surface area (Å²) in [5, 5.41) is 0. The van der Waals surface area contributed by atoms with Crippen molar-refractivity contribution in [3.8, 4) is 0 Å². The molecule has 1 unspecified atom stereocenters. The predicted molar refractivity (Wildman–Crippen MR) is 72.8 cm³/mol. The van der Waals surface area contributed by atoms with Crippen LogP contribution in [0.4, 0.5) is 0 Å². The molecule has 0 amide bonds. The van der Waals surface area contributed by atoms with Gasteiger partial charge in [-0.25, -0.2) is 0 Å². The summed E-state index contributed by atoms with van der Waals surface area (Å²) in [6.07, 6.45) is 2.50. The third kappa shape index (κ3) is 7.00. The summed E-state index contributed by atoms with van der Waals surface area (Å²) in [4.78, 5) is 13.4. The van der Waals surface area contributed by atoms with Crippen molar-refractivity contribution in [2.45, 2.75) is 67.3 Å². The molecule has 0 radical (unpaired) electrons. The Morgan fingerprint density at radius 1 is 1.12 bits per heavy atom. The third-order valence-corrected chi connectivity index (χ3v) is 2.95. The normalized spacial score (nSPS) is 18.7. The molecule has 1 aliphatic rings. The summed E-state index contributed by atoms with van der Waals surface area (Å²) in [5.41, 5.74) is 0. The molecule has 0 aliphatic carbocycles. The maximum Gasteiger partial charge on any atom is 0.146 e. The number of rotatable bonds is 2. The predicted octanol–water partition coefficient (Wildman–Crippen LogP) is 3.75. The van der Waals surface area contributed by atoms with Gasteiger partial charge in [0.05, 0.1) is 6.04 Å². The highest BCUT2D eigenvalue weighted by Crippen LogP contribution is 2.17. The largest absolute Gasteiger partial charge is 0.298 e. The minimum atomic E-state index is 0.137. The molecule has 1 atom stereocenters. The second kappa shape index (κ2) is 11.1. The van der Waals surface area contributed by atoms with E-state index >= 15 is 0 Å². The minimum absolute atomic E-state index is 0.137. The Morgan fingerprint density at radius 2 is 1.50 bits per heavy atom. The number of hydrogen-bond acceptors (Lipinski definition) is 2. The van der Waals surface area contributed by atoms with Crippen molar-refractivity contribution in [2.24, 2.45) is 5.92 Å². The van der Waals surface area contributed by atoms with Crippen molar-refractivity contribution < 1.29 is 4.79 Å². The number of likely N-dealkylation sites (tertiary alicyclic amines) is 1. The highest BCUT2D eigenvalue weighted by Gasteiger charge is 2.22. The maximum atomic E-state index is 11.1. The number of carbonyl (C=O) groups is 1. The number of ketones is 1. The first-order chi connectivity index (χ1) is 7.61. The van der Waals surface area contributed by atoms with E-state index in [0.29, 0.717) is 5.78 Å². The molecule has 0 aromatic heterocycles. The first kappa shape index (κ1) is 18.0. The standard InChI is InChI=1S/C10H19NO.2C2H6/c1-8-4-6-11(7-5-8)9(2)10(3)12;2*1-2/h8-9H,4-7H2,1-3H3;2*1-2H3. The van der Waals surface area contributed by atoms with Crippen LogP contribution >= 0.6 is 0 Å². The second-order valence-electron chi connectivity index (χ2n) is 4.01. The lowest BCUT2D eigenvalue weighted by atomic mass is 9.97. The van der Waals surface area contributed by atoms with Crippen LogP contribution in [0.2, 0.25) is 0 Å². The number of carbonyl (C=O) groups excluding carboxylic acids is 1. The lowest BCUT2D eigenvalue weighted by Crippen LogP contribution is -2.42. The highest BCUT2D eigenvalue weighted by atomic mass is 16.1. The van der Waals surface area contributed by atoms with Gasteiger partial charge in [-0.15, -0.1) is 0 Å². The van der Waals surface area contributed by atoms with Gasteiger partial charge >= 0.3 is 0 Å². The molecule has 2 heteroatoms. The summed E-state index contributed by atoms with van der Waals surface area (Å²) in [6, 6.07) is 0.137. The van der Waals surface area contributed by atoms with Gasteiger partial charge in [-0.05, 0) is 45.7 Å². The Hall–Kier alpha value is -0.370. The van der Waals surface area contributed by atoms with Crippen LogP contribution in [0, 0.1) is 5.92 Å². The molecular weight excluding hydrogens is 198 g/mol. The molecule has 2 nitrogen and oxygen atoms in total. The molecule has 0 saturated carbocycles. The number of Topliss-reactive ketones (excluding diaryl/α,β-unsaturated/α-hetero) is 1. The average Bonchev–Trinajstić information content (AvgIpc) is 2.34. The van der Waals surface area contributed by atoms with Crippen LogP contribution in [0.15, 0.2) is 0 Å². The van der Waals surface area contributed by atoms with Crippen molar-refractivity contribution >= 4 is 5.78 Å². The SMILES string of the molecule is CC.CC.CC(=O)C(C)N1CCC(C)CC1. The molecule has 1 heterocycles. The maximum absolute atomic E-state index is 11.1. The smallest absolute Gasteiger partial charge is 0.146 e. The zero-order valence-electron chi connectivity index (χ0n) is 12.3. The molecule has 1 rings (SSSR count). The van der Waals surface area contributed by atoms with Gasteiger partial charge in [-0.1, -0.05) is 34.6 Å². The molecule has 1 aliphatic heterocycles. The summed E-state index contributed by atoms with van der Waals surface area (Å²) < 4.78 is 0. The van der Waals surface area contributed by atoms with Gasteiger partial charge in [0.2, 0.25) is 0 Å². The topological polar surface area (TPSA) is 20.3 Å². The molecule has 0 aromatic carbocycles. The summed E-state index contributed by atoms with van der Waals surface area (Å²) in [6.45, 7) is 16.2. The molecule has 0 spiro atoms. The van der Waals surface area contributed by atoms with Crippen molar-refractivity contribution in [3.05, 3.63) is 0 Å². The van der Waals surface area contributed by atoms with Crippen LogP contribution in [-0.4, -0.2) is 29.8 Å². The van der Waals surface area contributed by atoms with E-state index in [1.165, 1.54) is 12.8 Å². The Labute approximate surface area is 102 Å². The van der Waals surface area contributed by atoms with Crippen molar-refractivity contribution in [2.75, 3.05) is 13.1 Å². The van der Waals surface area contributed by atoms with Gasteiger partial charge in [0, 0.05) is 0 Å². The van der Waals surface area contributed by atoms with Crippen molar-refractivity contribution in [1.82, 2.24) is 4.90 Å². The van der Waals surface area contributed by atoms with E-state index in [1.807, 2.05) is 34.6 Å². The first-order valence-corrected chi connectivity index (χ1v) is 6.85. The molecule has 1 saturated heterocycles. The van der Waals surface area contributed by atoms with E-state index in [4.69, 9.17) is 0 Å². The fourth-order valence-corrected chi connectivity index (χ4v) is 1.67. The summed E-state index contributed by atoms with van der Waals surface area (Å²) in [7, 11) is 0. The van der Waals surface area contributed by atoms with E-state index in [0.717, 1.165) is 19.0 Å². The second-order valence-corrected chi connectivity index (χ2v) is 4.01. The molecule has 16 heavy (non-hydrogen) atoms. The van der Waals surface area contributed by atoms with Gasteiger partial charge in [0.25, 0.3) is 0 Å². The third-order valence-electron chi connectivity index (χ3n) is 2.95.